The summed E-state index contributed by atoms with van der Waals surface area (Å²) < 4.78 is 42.1. The molecule has 1 saturated heterocycles. The van der Waals surface area contributed by atoms with Crippen LogP contribution in [0, 0.1) is 17.8 Å². The summed E-state index contributed by atoms with van der Waals surface area (Å²) in [6, 6.07) is -1.69. The average Bonchev–Trinajstić information content (AvgIpc) is 2.94. The van der Waals surface area contributed by atoms with Crippen LogP contribution in [0.5, 0.6) is 0 Å². The van der Waals surface area contributed by atoms with Crippen LogP contribution < -0.4 is 10.6 Å². The Morgan fingerprint density at radius 2 is 1.77 bits per heavy atom. The Bertz CT molecular complexity index is 678. The number of carbonyl (C=O) groups is 3. The van der Waals surface area contributed by atoms with E-state index in [2.05, 4.69) is 0 Å². The molecule has 4 atom stereocenters. The number of amides is 4. The maximum atomic E-state index is 14.0. The molecule has 170 valence electrons. The molecule has 4 amide bonds. The first-order valence-corrected chi connectivity index (χ1v) is 11.1. The predicted molar refractivity (Wildman–Crippen MR) is 104 cm³/mol. The number of carbonyl (C=O) groups excluding carboxylic acids is 3. The molecule has 0 aromatic carbocycles. The summed E-state index contributed by atoms with van der Waals surface area (Å²) in [6.07, 6.45) is 2.59. The lowest BCUT2D eigenvalue weighted by atomic mass is 9.77. The Labute approximate surface area is 175 Å². The second kappa shape index (κ2) is 8.75. The van der Waals surface area contributed by atoms with Crippen LogP contribution in [0.25, 0.3) is 0 Å². The van der Waals surface area contributed by atoms with E-state index >= 15 is 0 Å². The molecule has 0 spiro atoms. The molecule has 6 nitrogen and oxygen atoms in total. The number of imide groups is 1. The highest BCUT2D eigenvalue weighted by Gasteiger charge is 2.69. The molecular formula is C21H32F3N3O3. The van der Waals surface area contributed by atoms with Gasteiger partial charge in [0.25, 0.3) is 11.6 Å². The molecule has 0 bridgehead atoms. The van der Waals surface area contributed by atoms with Gasteiger partial charge < -0.3 is 5.32 Å². The predicted octanol–water partition coefficient (Wildman–Crippen LogP) is 4.10. The highest BCUT2D eigenvalue weighted by Crippen LogP contribution is 2.39. The van der Waals surface area contributed by atoms with Crippen molar-refractivity contribution in [2.45, 2.75) is 95.9 Å². The first kappa shape index (κ1) is 22.9. The van der Waals surface area contributed by atoms with Crippen molar-refractivity contribution in [2.24, 2.45) is 17.8 Å². The standard InChI is InChI=1S/C21H32F3N3O3/c1-13-7-6-10-16(14(13)2)27-18(29)20(21(22,23)24,26-19(27)30)25-17(28)12-11-15-8-4-3-5-9-15/h13-16H,3-12H2,1-2H3,(H,25,28)(H,26,30)/t13-,14-,16+,20+/m0/s1. The minimum Gasteiger partial charge on any atom is -0.318 e. The van der Waals surface area contributed by atoms with Gasteiger partial charge >= 0.3 is 12.2 Å². The Morgan fingerprint density at radius 1 is 1.10 bits per heavy atom. The molecule has 1 aliphatic heterocycles. The van der Waals surface area contributed by atoms with Gasteiger partial charge in [-0.25, -0.2) is 4.79 Å². The molecule has 2 N–H and O–H groups in total. The number of rotatable bonds is 5. The third kappa shape index (κ3) is 4.30. The molecule has 0 unspecified atom stereocenters. The van der Waals surface area contributed by atoms with Gasteiger partial charge in [-0.05, 0) is 30.6 Å². The molecule has 3 fully saturated rings. The van der Waals surface area contributed by atoms with Gasteiger partial charge in [-0.15, -0.1) is 0 Å². The monoisotopic (exact) mass is 431 g/mol. The van der Waals surface area contributed by atoms with E-state index in [1.807, 2.05) is 19.2 Å². The maximum Gasteiger partial charge on any atom is 0.440 e. The summed E-state index contributed by atoms with van der Waals surface area (Å²) in [4.78, 5) is 38.6. The minimum absolute atomic E-state index is 0.0947. The zero-order chi connectivity index (χ0) is 22.1. The van der Waals surface area contributed by atoms with E-state index in [4.69, 9.17) is 0 Å². The SMILES string of the molecule is C[C@@H]1[C@H](N2C(=O)N[C@@](NC(=O)CCC3CCCCC3)(C(F)(F)F)C2=O)CCC[C@@H]1C. The van der Waals surface area contributed by atoms with E-state index in [9.17, 15) is 27.6 Å². The third-order valence-corrected chi connectivity index (χ3v) is 7.30. The van der Waals surface area contributed by atoms with E-state index in [1.54, 1.807) is 5.32 Å². The Kier molecular flexibility index (Phi) is 6.67. The van der Waals surface area contributed by atoms with Crippen molar-refractivity contribution < 1.29 is 27.6 Å². The minimum atomic E-state index is -5.14. The van der Waals surface area contributed by atoms with Crippen molar-refractivity contribution in [3.63, 3.8) is 0 Å². The van der Waals surface area contributed by atoms with E-state index in [-0.39, 0.29) is 18.3 Å². The molecular weight excluding hydrogens is 399 g/mol. The van der Waals surface area contributed by atoms with Crippen molar-refractivity contribution in [3.8, 4) is 0 Å². The van der Waals surface area contributed by atoms with Crippen LogP contribution in [0.15, 0.2) is 0 Å². The fourth-order valence-corrected chi connectivity index (χ4v) is 5.20. The number of nitrogens with one attached hydrogen (secondary N) is 2. The first-order chi connectivity index (χ1) is 14.1. The Balaban J connectivity index is 1.75. The van der Waals surface area contributed by atoms with Gasteiger partial charge in [0.1, 0.15) is 0 Å². The van der Waals surface area contributed by atoms with E-state index in [1.165, 1.54) is 0 Å². The van der Waals surface area contributed by atoms with Crippen LogP contribution in [-0.4, -0.2) is 40.6 Å². The maximum absolute atomic E-state index is 14.0. The second-order valence-electron chi connectivity index (χ2n) is 9.28. The third-order valence-electron chi connectivity index (χ3n) is 7.30. The van der Waals surface area contributed by atoms with Crippen LogP contribution in [0.3, 0.4) is 0 Å². The van der Waals surface area contributed by atoms with Gasteiger partial charge in [0, 0.05) is 12.5 Å². The Morgan fingerprint density at radius 3 is 2.40 bits per heavy atom. The van der Waals surface area contributed by atoms with Crippen molar-refractivity contribution in [1.29, 1.82) is 0 Å². The van der Waals surface area contributed by atoms with E-state index in [0.717, 1.165) is 44.9 Å². The van der Waals surface area contributed by atoms with Gasteiger partial charge in [0.2, 0.25) is 5.91 Å². The van der Waals surface area contributed by atoms with Crippen LogP contribution in [0.4, 0.5) is 18.0 Å². The van der Waals surface area contributed by atoms with Crippen LogP contribution in [-0.2, 0) is 9.59 Å². The fraction of sp³-hybridized carbons (Fsp3) is 0.857. The van der Waals surface area contributed by atoms with Crippen LogP contribution in [0.2, 0.25) is 0 Å². The molecule has 3 rings (SSSR count). The summed E-state index contributed by atoms with van der Waals surface area (Å²) in [5.41, 5.74) is -3.38. The lowest BCUT2D eigenvalue weighted by molar-refractivity contribution is -0.205. The molecule has 2 aliphatic carbocycles. The van der Waals surface area contributed by atoms with Gasteiger partial charge in [-0.1, -0.05) is 58.8 Å². The molecule has 0 aromatic heterocycles. The molecule has 3 aliphatic rings. The number of alkyl halides is 3. The van der Waals surface area contributed by atoms with Crippen molar-refractivity contribution in [3.05, 3.63) is 0 Å². The summed E-state index contributed by atoms with van der Waals surface area (Å²) in [6.45, 7) is 3.82. The summed E-state index contributed by atoms with van der Waals surface area (Å²) >= 11 is 0. The lowest BCUT2D eigenvalue weighted by Gasteiger charge is -2.38. The number of nitrogens with zero attached hydrogens (tertiary/aromatic N) is 1. The molecule has 30 heavy (non-hydrogen) atoms. The molecule has 9 heteroatoms. The number of urea groups is 1. The largest absolute Gasteiger partial charge is 0.440 e. The smallest absolute Gasteiger partial charge is 0.318 e. The highest BCUT2D eigenvalue weighted by molar-refractivity contribution is 6.09. The summed E-state index contributed by atoms with van der Waals surface area (Å²) in [5, 5.41) is 3.65. The van der Waals surface area contributed by atoms with E-state index < -0.39 is 35.7 Å². The van der Waals surface area contributed by atoms with E-state index in [0.29, 0.717) is 23.7 Å². The van der Waals surface area contributed by atoms with Crippen LogP contribution >= 0.6 is 0 Å². The number of hydrogen-bond acceptors (Lipinski definition) is 3. The van der Waals surface area contributed by atoms with Gasteiger partial charge in [-0.2, -0.15) is 13.2 Å². The quantitative estimate of drug-likeness (QED) is 0.644. The zero-order valence-corrected chi connectivity index (χ0v) is 17.7. The van der Waals surface area contributed by atoms with Crippen molar-refractivity contribution >= 4 is 17.8 Å². The first-order valence-electron chi connectivity index (χ1n) is 11.1. The molecule has 2 saturated carbocycles. The normalized spacial score (nSPS) is 33.5. The lowest BCUT2D eigenvalue weighted by Crippen LogP contribution is -2.69. The van der Waals surface area contributed by atoms with Crippen molar-refractivity contribution in [1.82, 2.24) is 15.5 Å². The summed E-state index contributed by atoms with van der Waals surface area (Å²) in [5.74, 6) is -1.88. The molecule has 0 aromatic rings. The van der Waals surface area contributed by atoms with Crippen molar-refractivity contribution in [2.75, 3.05) is 0 Å². The average molecular weight is 431 g/mol. The summed E-state index contributed by atoms with van der Waals surface area (Å²) in [7, 11) is 0. The molecule has 0 radical (unpaired) electrons. The number of halogens is 3. The van der Waals surface area contributed by atoms with Gasteiger partial charge in [0.05, 0.1) is 0 Å². The Hall–Kier alpha value is -1.80. The topological polar surface area (TPSA) is 78.5 Å². The number of hydrogen-bond donors (Lipinski definition) is 2. The highest BCUT2D eigenvalue weighted by atomic mass is 19.4. The van der Waals surface area contributed by atoms with Gasteiger partial charge in [0.15, 0.2) is 0 Å². The van der Waals surface area contributed by atoms with Crippen LogP contribution in [0.1, 0.15) is 78.1 Å². The fourth-order valence-electron chi connectivity index (χ4n) is 5.20. The molecule has 1 heterocycles. The zero-order valence-electron chi connectivity index (χ0n) is 17.7. The van der Waals surface area contributed by atoms with Gasteiger partial charge in [-0.3, -0.25) is 19.8 Å². The second-order valence-corrected chi connectivity index (χ2v) is 9.28.